The maximum absolute atomic E-state index is 13.2. The Hall–Kier alpha value is -2.85. The Labute approximate surface area is 164 Å². The molecule has 4 rings (SSSR count). The van der Waals surface area contributed by atoms with Crippen LogP contribution in [0.25, 0.3) is 0 Å². The molecule has 1 saturated heterocycles. The van der Waals surface area contributed by atoms with Gasteiger partial charge in [0.05, 0.1) is 42.6 Å². The van der Waals surface area contributed by atoms with Gasteiger partial charge >= 0.3 is 0 Å². The summed E-state index contributed by atoms with van der Waals surface area (Å²) >= 11 is 0. The van der Waals surface area contributed by atoms with Gasteiger partial charge in [-0.25, -0.2) is 0 Å². The molecule has 0 unspecified atom stereocenters. The third-order valence-corrected chi connectivity index (χ3v) is 5.30. The van der Waals surface area contributed by atoms with Gasteiger partial charge in [0.15, 0.2) is 0 Å². The first kappa shape index (κ1) is 18.5. The van der Waals surface area contributed by atoms with Crippen LogP contribution in [0.15, 0.2) is 24.3 Å². The summed E-state index contributed by atoms with van der Waals surface area (Å²) in [6, 6.07) is 9.19. The summed E-state index contributed by atoms with van der Waals surface area (Å²) in [5.74, 6) is 0.662. The van der Waals surface area contributed by atoms with E-state index in [-0.39, 0.29) is 24.2 Å². The summed E-state index contributed by atoms with van der Waals surface area (Å²) in [5.41, 5.74) is 3.15. The Kier molecular flexibility index (Phi) is 4.82. The molecule has 1 aromatic carbocycles. The Morgan fingerprint density at radius 3 is 2.89 bits per heavy atom. The molecule has 0 aliphatic carbocycles. The lowest BCUT2D eigenvalue weighted by molar-refractivity contribution is -0.00740. The van der Waals surface area contributed by atoms with Crippen molar-refractivity contribution >= 4 is 5.91 Å². The number of carbonyl (C=O) groups excluding carboxylic acids is 1. The number of nitrogens with zero attached hydrogens (tertiary/aromatic N) is 4. The van der Waals surface area contributed by atoms with Crippen molar-refractivity contribution in [3.8, 4) is 11.8 Å². The van der Waals surface area contributed by atoms with Gasteiger partial charge in [0.25, 0.3) is 5.91 Å². The second-order valence-corrected chi connectivity index (χ2v) is 7.41. The predicted octanol–water partition coefficient (Wildman–Crippen LogP) is 2.70. The Morgan fingerprint density at radius 2 is 2.18 bits per heavy atom. The topological polar surface area (TPSA) is 80.4 Å². The van der Waals surface area contributed by atoms with E-state index in [0.29, 0.717) is 43.1 Å². The molecule has 146 valence electrons. The fraction of sp³-hybridized carbons (Fsp3) is 0.476. The van der Waals surface area contributed by atoms with E-state index in [1.807, 2.05) is 26.8 Å². The van der Waals surface area contributed by atoms with Crippen LogP contribution in [0.5, 0.6) is 5.75 Å². The standard InChI is InChI=1S/C21H24N4O3/c1-4-25-20(18-8-13(2)27-14(3)19(18)23-25)21(26)24-11-17(12-24)28-16-7-5-6-15(9-16)10-22/h5-7,9,13-14,17H,4,8,11-12H2,1-3H3/t13-,14+/m0/s1. The molecule has 2 aliphatic heterocycles. The lowest BCUT2D eigenvalue weighted by Gasteiger charge is -2.39. The number of rotatable bonds is 4. The minimum absolute atomic E-state index is 0.00234. The van der Waals surface area contributed by atoms with E-state index in [1.165, 1.54) is 0 Å². The number of benzene rings is 1. The van der Waals surface area contributed by atoms with Gasteiger partial charge in [0, 0.05) is 18.5 Å². The zero-order chi connectivity index (χ0) is 19.8. The van der Waals surface area contributed by atoms with E-state index in [0.717, 1.165) is 11.3 Å². The van der Waals surface area contributed by atoms with Crippen molar-refractivity contribution in [2.24, 2.45) is 0 Å². The molecule has 7 heteroatoms. The van der Waals surface area contributed by atoms with Gasteiger partial charge < -0.3 is 14.4 Å². The Bertz CT molecular complexity index is 940. The van der Waals surface area contributed by atoms with Gasteiger partial charge in [-0.1, -0.05) is 6.07 Å². The van der Waals surface area contributed by atoms with Crippen LogP contribution in [0.3, 0.4) is 0 Å². The molecule has 2 aliphatic rings. The van der Waals surface area contributed by atoms with Crippen molar-refractivity contribution in [3.63, 3.8) is 0 Å². The van der Waals surface area contributed by atoms with Gasteiger partial charge in [-0.2, -0.15) is 10.4 Å². The lowest BCUT2D eigenvalue weighted by atomic mass is 9.98. The summed E-state index contributed by atoms with van der Waals surface area (Å²) in [6.45, 7) is 7.71. The highest BCUT2D eigenvalue weighted by Crippen LogP contribution is 2.33. The fourth-order valence-corrected chi connectivity index (χ4v) is 3.92. The van der Waals surface area contributed by atoms with E-state index in [2.05, 4.69) is 11.2 Å². The van der Waals surface area contributed by atoms with Crippen molar-refractivity contribution < 1.29 is 14.3 Å². The van der Waals surface area contributed by atoms with Crippen molar-refractivity contribution in [2.75, 3.05) is 13.1 Å². The number of aromatic nitrogens is 2. The van der Waals surface area contributed by atoms with Crippen LogP contribution < -0.4 is 4.74 Å². The molecular formula is C21H24N4O3. The van der Waals surface area contributed by atoms with E-state index < -0.39 is 0 Å². The van der Waals surface area contributed by atoms with Gasteiger partial charge in [0.2, 0.25) is 0 Å². The molecule has 28 heavy (non-hydrogen) atoms. The van der Waals surface area contributed by atoms with E-state index >= 15 is 0 Å². The van der Waals surface area contributed by atoms with Gasteiger partial charge in [0.1, 0.15) is 17.5 Å². The second-order valence-electron chi connectivity index (χ2n) is 7.41. The van der Waals surface area contributed by atoms with E-state index in [9.17, 15) is 4.79 Å². The largest absolute Gasteiger partial charge is 0.487 e. The average Bonchev–Trinajstić information content (AvgIpc) is 3.02. The Balaban J connectivity index is 1.47. The molecular weight excluding hydrogens is 356 g/mol. The third-order valence-electron chi connectivity index (χ3n) is 5.30. The number of likely N-dealkylation sites (tertiary alicyclic amines) is 1. The average molecular weight is 380 g/mol. The highest BCUT2D eigenvalue weighted by molar-refractivity contribution is 5.95. The van der Waals surface area contributed by atoms with Crippen LogP contribution in [-0.2, 0) is 17.7 Å². The van der Waals surface area contributed by atoms with Crippen LogP contribution in [0, 0.1) is 11.3 Å². The normalized spacial score (nSPS) is 21.6. The summed E-state index contributed by atoms with van der Waals surface area (Å²) in [4.78, 5) is 15.0. The molecule has 1 fully saturated rings. The van der Waals surface area contributed by atoms with Crippen LogP contribution in [0.2, 0.25) is 0 Å². The maximum Gasteiger partial charge on any atom is 0.272 e. The lowest BCUT2D eigenvalue weighted by Crippen LogP contribution is -2.56. The summed E-state index contributed by atoms with van der Waals surface area (Å²) < 4.78 is 13.6. The SMILES string of the molecule is CCn1nc2c(c1C(=O)N1CC(Oc3cccc(C#N)c3)C1)C[C@H](C)O[C@@H]2C. The zero-order valence-electron chi connectivity index (χ0n) is 16.4. The number of hydrogen-bond acceptors (Lipinski definition) is 5. The first-order valence-electron chi connectivity index (χ1n) is 9.71. The number of amides is 1. The van der Waals surface area contributed by atoms with Crippen LogP contribution in [0.1, 0.15) is 54.2 Å². The van der Waals surface area contributed by atoms with Crippen molar-refractivity contribution in [1.82, 2.24) is 14.7 Å². The summed E-state index contributed by atoms with van der Waals surface area (Å²) in [5, 5.41) is 13.6. The molecule has 0 bridgehead atoms. The Morgan fingerprint density at radius 1 is 1.39 bits per heavy atom. The molecule has 1 aromatic heterocycles. The van der Waals surface area contributed by atoms with Gasteiger partial charge in [-0.05, 0) is 39.0 Å². The molecule has 0 N–H and O–H groups in total. The fourth-order valence-electron chi connectivity index (χ4n) is 3.92. The monoisotopic (exact) mass is 380 g/mol. The number of fused-ring (bicyclic) bond motifs is 1. The molecule has 1 amide bonds. The van der Waals surface area contributed by atoms with Crippen LogP contribution in [-0.4, -0.2) is 45.9 Å². The number of aryl methyl sites for hydroxylation is 1. The highest BCUT2D eigenvalue weighted by Gasteiger charge is 2.38. The molecule has 2 atom stereocenters. The number of ether oxygens (including phenoxy) is 2. The van der Waals surface area contributed by atoms with Crippen LogP contribution >= 0.6 is 0 Å². The zero-order valence-corrected chi connectivity index (χ0v) is 16.4. The van der Waals surface area contributed by atoms with Crippen molar-refractivity contribution in [2.45, 2.75) is 52.0 Å². The molecule has 0 spiro atoms. The minimum atomic E-state index is -0.0991. The maximum atomic E-state index is 13.2. The number of hydrogen-bond donors (Lipinski definition) is 0. The quantitative estimate of drug-likeness (QED) is 0.815. The van der Waals surface area contributed by atoms with Crippen molar-refractivity contribution in [3.05, 3.63) is 46.8 Å². The first-order valence-corrected chi connectivity index (χ1v) is 9.71. The smallest absolute Gasteiger partial charge is 0.272 e. The number of carbonyl (C=O) groups is 1. The molecule has 0 radical (unpaired) electrons. The first-order chi connectivity index (χ1) is 13.5. The van der Waals surface area contributed by atoms with Crippen LogP contribution in [0.4, 0.5) is 0 Å². The minimum Gasteiger partial charge on any atom is -0.487 e. The predicted molar refractivity (Wildman–Crippen MR) is 102 cm³/mol. The van der Waals surface area contributed by atoms with E-state index in [4.69, 9.17) is 14.7 Å². The summed E-state index contributed by atoms with van der Waals surface area (Å²) in [7, 11) is 0. The van der Waals surface area contributed by atoms with Crippen molar-refractivity contribution in [1.29, 1.82) is 5.26 Å². The molecule has 0 saturated carbocycles. The third kappa shape index (κ3) is 3.25. The molecule has 7 nitrogen and oxygen atoms in total. The summed E-state index contributed by atoms with van der Waals surface area (Å²) in [6.07, 6.45) is 0.615. The second kappa shape index (κ2) is 7.28. The molecule has 3 heterocycles. The molecule has 2 aromatic rings. The van der Waals surface area contributed by atoms with E-state index in [1.54, 1.807) is 27.8 Å². The van der Waals surface area contributed by atoms with Gasteiger partial charge in [-0.3, -0.25) is 9.48 Å². The number of nitriles is 1. The highest BCUT2D eigenvalue weighted by atomic mass is 16.5. The van der Waals surface area contributed by atoms with Gasteiger partial charge in [-0.15, -0.1) is 0 Å².